The Kier molecular flexibility index (Phi) is 6.18. The third kappa shape index (κ3) is 4.59. The quantitative estimate of drug-likeness (QED) is 0.669. The summed E-state index contributed by atoms with van der Waals surface area (Å²) in [5.74, 6) is -1.11. The van der Waals surface area contributed by atoms with E-state index in [1.54, 1.807) is 4.90 Å². The number of carbonyl (C=O) groups is 2. The van der Waals surface area contributed by atoms with Gasteiger partial charge in [-0.05, 0) is 44.2 Å². The van der Waals surface area contributed by atoms with Crippen LogP contribution in [0, 0.1) is 5.82 Å². The second kappa shape index (κ2) is 8.99. The van der Waals surface area contributed by atoms with Crippen molar-refractivity contribution in [3.8, 4) is 0 Å². The molecule has 11 heteroatoms. The molecule has 0 aromatic heterocycles. The minimum Gasteiger partial charge on any atom is -0.373 e. The summed E-state index contributed by atoms with van der Waals surface area (Å²) in [4.78, 5) is 28.7. The van der Waals surface area contributed by atoms with Gasteiger partial charge in [0.05, 0.1) is 30.4 Å². The van der Waals surface area contributed by atoms with Gasteiger partial charge in [-0.2, -0.15) is 13.2 Å². The van der Waals surface area contributed by atoms with E-state index in [1.165, 1.54) is 0 Å². The highest BCUT2D eigenvalue weighted by Gasteiger charge is 2.46. The lowest BCUT2D eigenvalue weighted by Gasteiger charge is -2.45. The van der Waals surface area contributed by atoms with Crippen molar-refractivity contribution in [1.82, 2.24) is 15.1 Å². The zero-order chi connectivity index (χ0) is 24.0. The summed E-state index contributed by atoms with van der Waals surface area (Å²) >= 11 is 0. The molecule has 4 saturated heterocycles. The summed E-state index contributed by atoms with van der Waals surface area (Å²) in [6.45, 7) is 0.928. The molecule has 34 heavy (non-hydrogen) atoms. The smallest absolute Gasteiger partial charge is 0.373 e. The van der Waals surface area contributed by atoms with Crippen LogP contribution in [0.4, 0.5) is 22.4 Å². The number of urea groups is 1. The van der Waals surface area contributed by atoms with Crippen LogP contribution >= 0.6 is 0 Å². The summed E-state index contributed by atoms with van der Waals surface area (Å²) in [6, 6.07) is 2.23. The lowest BCUT2D eigenvalue weighted by molar-refractivity contribution is -0.140. The number of benzene rings is 1. The number of fused-ring (bicyclic) bond motifs is 3. The Hall–Kier alpha value is -2.40. The molecule has 1 unspecified atom stereocenters. The molecule has 4 heterocycles. The van der Waals surface area contributed by atoms with Gasteiger partial charge < -0.3 is 24.6 Å². The Bertz CT molecular complexity index is 945. The first kappa shape index (κ1) is 23.3. The molecule has 4 fully saturated rings. The number of nitrogens with zero attached hydrogens (tertiary/aromatic N) is 2. The van der Waals surface area contributed by atoms with Gasteiger partial charge in [-0.25, -0.2) is 9.18 Å². The predicted molar refractivity (Wildman–Crippen MR) is 111 cm³/mol. The Morgan fingerprint density at radius 1 is 1.18 bits per heavy atom. The fourth-order valence-electron chi connectivity index (χ4n) is 5.66. The van der Waals surface area contributed by atoms with Crippen LogP contribution < -0.4 is 5.32 Å². The number of nitrogens with one attached hydrogen (secondary N) is 1. The molecule has 186 valence electrons. The lowest BCUT2D eigenvalue weighted by atomic mass is 9.98. The van der Waals surface area contributed by atoms with Gasteiger partial charge in [0.2, 0.25) is 5.91 Å². The Morgan fingerprint density at radius 3 is 2.59 bits per heavy atom. The van der Waals surface area contributed by atoms with E-state index in [1.807, 2.05) is 4.90 Å². The summed E-state index contributed by atoms with van der Waals surface area (Å²) in [7, 11) is 0. The third-order valence-corrected chi connectivity index (χ3v) is 7.36. The van der Waals surface area contributed by atoms with Crippen molar-refractivity contribution in [1.29, 1.82) is 0 Å². The van der Waals surface area contributed by atoms with E-state index in [0.717, 1.165) is 25.0 Å². The van der Waals surface area contributed by atoms with Crippen LogP contribution in [0.3, 0.4) is 0 Å². The molecule has 3 amide bonds. The minimum absolute atomic E-state index is 0.00335. The number of hydrogen-bond acceptors (Lipinski definition) is 4. The number of halogens is 4. The van der Waals surface area contributed by atoms with Crippen LogP contribution in [0.25, 0.3) is 0 Å². The van der Waals surface area contributed by atoms with Crippen LogP contribution in [0.5, 0.6) is 0 Å². The molecule has 1 N–H and O–H groups in total. The van der Waals surface area contributed by atoms with Crippen molar-refractivity contribution >= 4 is 11.9 Å². The second-order valence-corrected chi connectivity index (χ2v) is 9.54. The van der Waals surface area contributed by atoms with Gasteiger partial charge in [0, 0.05) is 30.7 Å². The SMILES string of the molecule is O=C1CO[C@H]2CCN(C(=O)N3[C@@H]4CC[C@H]3CC(OCc3ccc(C(F)(F)F)cc3F)C4)C[C@H]2N1. The van der Waals surface area contributed by atoms with Crippen molar-refractivity contribution in [3.63, 3.8) is 0 Å². The maximum Gasteiger partial charge on any atom is 0.416 e. The van der Waals surface area contributed by atoms with Gasteiger partial charge in [0.25, 0.3) is 0 Å². The van der Waals surface area contributed by atoms with E-state index in [9.17, 15) is 27.2 Å². The number of ether oxygens (including phenoxy) is 2. The van der Waals surface area contributed by atoms with E-state index in [0.29, 0.717) is 38.4 Å². The van der Waals surface area contributed by atoms with E-state index in [4.69, 9.17) is 9.47 Å². The molecule has 0 spiro atoms. The van der Waals surface area contributed by atoms with E-state index >= 15 is 0 Å². The molecule has 0 radical (unpaired) electrons. The highest BCUT2D eigenvalue weighted by molar-refractivity contribution is 5.79. The van der Waals surface area contributed by atoms with Crippen LogP contribution in [-0.4, -0.2) is 71.8 Å². The number of likely N-dealkylation sites (tertiary alicyclic amines) is 1. The Morgan fingerprint density at radius 2 is 1.91 bits per heavy atom. The number of alkyl halides is 3. The average molecular weight is 485 g/mol. The van der Waals surface area contributed by atoms with Crippen molar-refractivity contribution in [2.75, 3.05) is 19.7 Å². The van der Waals surface area contributed by atoms with Crippen molar-refractivity contribution in [2.45, 2.75) is 75.2 Å². The lowest BCUT2D eigenvalue weighted by Crippen LogP contribution is -2.63. The van der Waals surface area contributed by atoms with Crippen molar-refractivity contribution in [3.05, 3.63) is 35.1 Å². The molecule has 1 aromatic carbocycles. The van der Waals surface area contributed by atoms with E-state index in [-0.39, 0.29) is 61.0 Å². The summed E-state index contributed by atoms with van der Waals surface area (Å²) in [5.41, 5.74) is -0.944. The van der Waals surface area contributed by atoms with Gasteiger partial charge in [-0.3, -0.25) is 4.79 Å². The van der Waals surface area contributed by atoms with Crippen LogP contribution in [0.1, 0.15) is 43.2 Å². The number of carbonyl (C=O) groups excluding carboxylic acids is 2. The second-order valence-electron chi connectivity index (χ2n) is 9.54. The molecule has 0 aliphatic carbocycles. The maximum absolute atomic E-state index is 14.1. The van der Waals surface area contributed by atoms with Crippen LogP contribution in [0.2, 0.25) is 0 Å². The highest BCUT2D eigenvalue weighted by Crippen LogP contribution is 2.38. The third-order valence-electron chi connectivity index (χ3n) is 7.36. The topological polar surface area (TPSA) is 71.1 Å². The largest absolute Gasteiger partial charge is 0.416 e. The summed E-state index contributed by atoms with van der Waals surface area (Å²) in [6.07, 6.45) is -1.28. The standard InChI is InChI=1S/C23H27F4N3O4/c24-18-7-14(23(25,26)27)2-1-13(18)11-33-17-8-15-3-4-16(9-17)30(15)22(32)29-6-5-20-19(10-29)28-21(31)12-34-20/h1-2,7,15-17,19-20H,3-6,8-12H2,(H,28,31)/t15-,16+,17?,19-,20+/m1/s1. The zero-order valence-electron chi connectivity index (χ0n) is 18.5. The fourth-order valence-corrected chi connectivity index (χ4v) is 5.66. The first-order valence-corrected chi connectivity index (χ1v) is 11.6. The number of amides is 3. The molecule has 4 aliphatic heterocycles. The van der Waals surface area contributed by atoms with E-state index in [2.05, 4.69) is 5.32 Å². The Labute approximate surface area is 194 Å². The molecule has 5 atom stereocenters. The highest BCUT2D eigenvalue weighted by atomic mass is 19.4. The molecule has 4 aliphatic rings. The van der Waals surface area contributed by atoms with Gasteiger partial charge in [0.1, 0.15) is 12.4 Å². The predicted octanol–water partition coefficient (Wildman–Crippen LogP) is 3.07. The molecular weight excluding hydrogens is 458 g/mol. The van der Waals surface area contributed by atoms with Crippen molar-refractivity contribution < 1.29 is 36.6 Å². The van der Waals surface area contributed by atoms with E-state index < -0.39 is 17.6 Å². The van der Waals surface area contributed by atoms with Crippen LogP contribution in [-0.2, 0) is 27.1 Å². The fraction of sp³-hybridized carbons (Fsp3) is 0.652. The molecule has 0 saturated carbocycles. The monoisotopic (exact) mass is 485 g/mol. The number of morpholine rings is 1. The molecular formula is C23H27F4N3O4. The van der Waals surface area contributed by atoms with Gasteiger partial charge in [-0.1, -0.05) is 6.07 Å². The molecule has 2 bridgehead atoms. The van der Waals surface area contributed by atoms with Crippen LogP contribution in [0.15, 0.2) is 18.2 Å². The average Bonchev–Trinajstić information content (AvgIpc) is 3.06. The molecule has 1 aromatic rings. The first-order chi connectivity index (χ1) is 16.2. The number of hydrogen-bond donors (Lipinski definition) is 1. The van der Waals surface area contributed by atoms with Crippen molar-refractivity contribution in [2.24, 2.45) is 0 Å². The minimum atomic E-state index is -4.59. The zero-order valence-corrected chi connectivity index (χ0v) is 18.5. The number of rotatable bonds is 3. The maximum atomic E-state index is 14.1. The normalized spacial score (nSPS) is 31.3. The van der Waals surface area contributed by atoms with Gasteiger partial charge >= 0.3 is 12.2 Å². The van der Waals surface area contributed by atoms with Gasteiger partial charge in [0.15, 0.2) is 0 Å². The summed E-state index contributed by atoms with van der Waals surface area (Å²) in [5, 5.41) is 2.91. The Balaban J connectivity index is 1.17. The first-order valence-electron chi connectivity index (χ1n) is 11.6. The summed E-state index contributed by atoms with van der Waals surface area (Å²) < 4.78 is 63.8. The number of piperidine rings is 2. The molecule has 7 nitrogen and oxygen atoms in total. The van der Waals surface area contributed by atoms with Gasteiger partial charge in [-0.15, -0.1) is 0 Å². The molecule has 5 rings (SSSR count).